The topological polar surface area (TPSA) is 67.4 Å². The third-order valence-corrected chi connectivity index (χ3v) is 4.12. The van der Waals surface area contributed by atoms with Crippen molar-refractivity contribution >= 4 is 23.2 Å². The molecule has 0 saturated carbocycles. The molecule has 2 amide bonds. The molecule has 1 atom stereocenters. The van der Waals surface area contributed by atoms with E-state index >= 15 is 0 Å². The number of ether oxygens (including phenoxy) is 1. The molecule has 1 heterocycles. The summed E-state index contributed by atoms with van der Waals surface area (Å²) in [6, 6.07) is 11.3. The number of aryl methyl sites for hydroxylation is 3. The Bertz CT molecular complexity index is 814. The van der Waals surface area contributed by atoms with Gasteiger partial charge in [0.15, 0.2) is 6.10 Å². The molecule has 5 heteroatoms. The van der Waals surface area contributed by atoms with Gasteiger partial charge in [-0.25, -0.2) is 0 Å². The number of carbonyl (C=O) groups is 2. The standard InChI is InChI=1S/C19H20N2O3/c1-11-4-7-16-15(8-11)21-19(23)17(24-16)10-18(22)20-14-6-5-12(2)13(3)9-14/h4-9,17H,10H2,1-3H3,(H,20,22)(H,21,23)/t17-/m0/s1. The van der Waals surface area contributed by atoms with Crippen molar-refractivity contribution < 1.29 is 14.3 Å². The van der Waals surface area contributed by atoms with Gasteiger partial charge in [0, 0.05) is 5.69 Å². The highest BCUT2D eigenvalue weighted by molar-refractivity contribution is 6.02. The Morgan fingerprint density at radius 2 is 1.92 bits per heavy atom. The number of amides is 2. The Kier molecular flexibility index (Phi) is 4.25. The lowest BCUT2D eigenvalue weighted by Crippen LogP contribution is -2.39. The summed E-state index contributed by atoms with van der Waals surface area (Å²) in [5.41, 5.74) is 4.66. The predicted octanol–water partition coefficient (Wildman–Crippen LogP) is 3.34. The number of anilines is 2. The van der Waals surface area contributed by atoms with E-state index in [1.165, 1.54) is 0 Å². The summed E-state index contributed by atoms with van der Waals surface area (Å²) in [5, 5.41) is 5.60. The van der Waals surface area contributed by atoms with E-state index in [1.54, 1.807) is 6.07 Å². The number of carbonyl (C=O) groups excluding carboxylic acids is 2. The van der Waals surface area contributed by atoms with E-state index in [-0.39, 0.29) is 18.2 Å². The van der Waals surface area contributed by atoms with Gasteiger partial charge in [-0.2, -0.15) is 0 Å². The Balaban J connectivity index is 1.67. The van der Waals surface area contributed by atoms with Crippen LogP contribution in [0.4, 0.5) is 11.4 Å². The van der Waals surface area contributed by atoms with E-state index in [2.05, 4.69) is 10.6 Å². The third-order valence-electron chi connectivity index (χ3n) is 4.12. The van der Waals surface area contributed by atoms with Crippen molar-refractivity contribution in [1.29, 1.82) is 0 Å². The van der Waals surface area contributed by atoms with Gasteiger partial charge >= 0.3 is 0 Å². The first kappa shape index (κ1) is 16.1. The molecule has 0 saturated heterocycles. The first-order valence-corrected chi connectivity index (χ1v) is 7.87. The highest BCUT2D eigenvalue weighted by Gasteiger charge is 2.29. The normalized spacial score (nSPS) is 16.0. The van der Waals surface area contributed by atoms with Gasteiger partial charge in [0.25, 0.3) is 5.91 Å². The minimum absolute atomic E-state index is 0.0356. The zero-order valence-electron chi connectivity index (χ0n) is 14.0. The fourth-order valence-electron chi connectivity index (χ4n) is 2.60. The van der Waals surface area contributed by atoms with Crippen LogP contribution in [0.2, 0.25) is 0 Å². The highest BCUT2D eigenvalue weighted by Crippen LogP contribution is 2.31. The number of hydrogen-bond donors (Lipinski definition) is 2. The number of hydrogen-bond acceptors (Lipinski definition) is 3. The molecule has 0 bridgehead atoms. The van der Waals surface area contributed by atoms with Gasteiger partial charge in [-0.15, -0.1) is 0 Å². The minimum atomic E-state index is -0.827. The van der Waals surface area contributed by atoms with Crippen LogP contribution in [-0.4, -0.2) is 17.9 Å². The van der Waals surface area contributed by atoms with E-state index in [9.17, 15) is 9.59 Å². The lowest BCUT2D eigenvalue weighted by atomic mass is 10.1. The predicted molar refractivity (Wildman–Crippen MR) is 93.4 cm³/mol. The molecule has 1 aliphatic heterocycles. The van der Waals surface area contributed by atoms with Gasteiger partial charge < -0.3 is 15.4 Å². The van der Waals surface area contributed by atoms with Gasteiger partial charge in [-0.1, -0.05) is 12.1 Å². The number of rotatable bonds is 3. The largest absolute Gasteiger partial charge is 0.478 e. The average Bonchev–Trinajstić information content (AvgIpc) is 2.52. The molecular weight excluding hydrogens is 304 g/mol. The van der Waals surface area contributed by atoms with E-state index in [4.69, 9.17) is 4.74 Å². The van der Waals surface area contributed by atoms with E-state index in [0.717, 1.165) is 22.4 Å². The fourth-order valence-corrected chi connectivity index (χ4v) is 2.60. The van der Waals surface area contributed by atoms with E-state index < -0.39 is 6.10 Å². The fraction of sp³-hybridized carbons (Fsp3) is 0.263. The van der Waals surface area contributed by atoms with Gasteiger partial charge in [0.1, 0.15) is 5.75 Å². The maximum absolute atomic E-state index is 12.2. The number of fused-ring (bicyclic) bond motifs is 1. The van der Waals surface area contributed by atoms with Crippen LogP contribution >= 0.6 is 0 Å². The second-order valence-corrected chi connectivity index (χ2v) is 6.15. The molecule has 0 unspecified atom stereocenters. The van der Waals surface area contributed by atoms with Crippen LogP contribution < -0.4 is 15.4 Å². The quantitative estimate of drug-likeness (QED) is 0.910. The van der Waals surface area contributed by atoms with Crippen LogP contribution in [-0.2, 0) is 9.59 Å². The van der Waals surface area contributed by atoms with E-state index in [1.807, 2.05) is 51.1 Å². The molecule has 5 nitrogen and oxygen atoms in total. The Hall–Kier alpha value is -2.82. The number of benzene rings is 2. The van der Waals surface area contributed by atoms with Crippen molar-refractivity contribution in [3.63, 3.8) is 0 Å². The first-order valence-electron chi connectivity index (χ1n) is 7.87. The zero-order valence-corrected chi connectivity index (χ0v) is 14.0. The van der Waals surface area contributed by atoms with Crippen molar-refractivity contribution in [3.05, 3.63) is 53.1 Å². The van der Waals surface area contributed by atoms with Gasteiger partial charge in [-0.05, 0) is 61.7 Å². The molecule has 2 aromatic rings. The van der Waals surface area contributed by atoms with Crippen LogP contribution in [0.25, 0.3) is 0 Å². The van der Waals surface area contributed by atoms with Crippen molar-refractivity contribution in [2.45, 2.75) is 33.3 Å². The summed E-state index contributed by atoms with van der Waals surface area (Å²) in [4.78, 5) is 24.4. The van der Waals surface area contributed by atoms with Gasteiger partial charge in [0.05, 0.1) is 12.1 Å². The second kappa shape index (κ2) is 6.35. The summed E-state index contributed by atoms with van der Waals surface area (Å²) in [5.74, 6) is 0.0291. The molecule has 124 valence electrons. The van der Waals surface area contributed by atoms with E-state index in [0.29, 0.717) is 11.4 Å². The smallest absolute Gasteiger partial charge is 0.266 e. The summed E-state index contributed by atoms with van der Waals surface area (Å²) in [6.45, 7) is 5.94. The monoisotopic (exact) mass is 324 g/mol. The van der Waals surface area contributed by atoms with Crippen LogP contribution in [0.3, 0.4) is 0 Å². The summed E-state index contributed by atoms with van der Waals surface area (Å²) in [6.07, 6.45) is -0.863. The summed E-state index contributed by atoms with van der Waals surface area (Å²) < 4.78 is 5.68. The molecule has 0 aromatic heterocycles. The highest BCUT2D eigenvalue weighted by atomic mass is 16.5. The van der Waals surface area contributed by atoms with Gasteiger partial charge in [-0.3, -0.25) is 9.59 Å². The Labute approximate surface area is 141 Å². The Morgan fingerprint density at radius 3 is 2.67 bits per heavy atom. The lowest BCUT2D eigenvalue weighted by Gasteiger charge is -2.25. The van der Waals surface area contributed by atoms with Crippen LogP contribution in [0, 0.1) is 20.8 Å². The van der Waals surface area contributed by atoms with Crippen molar-refractivity contribution in [1.82, 2.24) is 0 Å². The van der Waals surface area contributed by atoms with Crippen molar-refractivity contribution in [3.8, 4) is 5.75 Å². The molecule has 24 heavy (non-hydrogen) atoms. The molecule has 2 N–H and O–H groups in total. The Morgan fingerprint density at radius 1 is 1.12 bits per heavy atom. The average molecular weight is 324 g/mol. The number of nitrogens with one attached hydrogen (secondary N) is 2. The van der Waals surface area contributed by atoms with Crippen LogP contribution in [0.1, 0.15) is 23.1 Å². The summed E-state index contributed by atoms with van der Waals surface area (Å²) >= 11 is 0. The maximum Gasteiger partial charge on any atom is 0.266 e. The zero-order chi connectivity index (χ0) is 17.3. The molecule has 0 spiro atoms. The lowest BCUT2D eigenvalue weighted by molar-refractivity contribution is -0.128. The molecule has 1 aliphatic rings. The molecule has 0 fully saturated rings. The minimum Gasteiger partial charge on any atom is -0.478 e. The van der Waals surface area contributed by atoms with Crippen molar-refractivity contribution in [2.75, 3.05) is 10.6 Å². The maximum atomic E-state index is 12.2. The first-order chi connectivity index (χ1) is 11.4. The second-order valence-electron chi connectivity index (χ2n) is 6.15. The van der Waals surface area contributed by atoms with Gasteiger partial charge in [0.2, 0.25) is 5.91 Å². The molecule has 0 radical (unpaired) electrons. The molecule has 3 rings (SSSR count). The van der Waals surface area contributed by atoms with Crippen molar-refractivity contribution in [2.24, 2.45) is 0 Å². The SMILES string of the molecule is Cc1ccc2c(c1)NC(=O)[C@H](CC(=O)Nc1ccc(C)c(C)c1)O2. The summed E-state index contributed by atoms with van der Waals surface area (Å²) in [7, 11) is 0. The molecule has 2 aromatic carbocycles. The third kappa shape index (κ3) is 3.40. The molecule has 0 aliphatic carbocycles. The molecular formula is C19H20N2O3. The van der Waals surface area contributed by atoms with Crippen LogP contribution in [0.5, 0.6) is 5.75 Å². The van der Waals surface area contributed by atoms with Crippen LogP contribution in [0.15, 0.2) is 36.4 Å².